The number of halogens is 2. The summed E-state index contributed by atoms with van der Waals surface area (Å²) >= 11 is 11.8. The van der Waals surface area contributed by atoms with E-state index in [9.17, 15) is 4.21 Å². The number of nitrogen functional groups attached to an aromatic ring is 1. The molecule has 0 saturated heterocycles. The molecule has 3 aromatic rings. The van der Waals surface area contributed by atoms with Crippen molar-refractivity contribution < 1.29 is 8.63 Å². The molecule has 1 aromatic heterocycles. The molecule has 0 spiro atoms. The van der Waals surface area contributed by atoms with Crippen LogP contribution in [0.15, 0.2) is 45.7 Å². The van der Waals surface area contributed by atoms with Crippen LogP contribution in [0.1, 0.15) is 5.89 Å². The molecule has 2 N–H and O–H groups in total. The standard InChI is InChI=1S/C14H10Cl2N2O2S/c15-10-3-2-9(6-11(10)16)21(19)7-14-18-12-4-1-8(17)5-13(12)20-14/h1-6H,7,17H2. The monoisotopic (exact) mass is 340 g/mol. The van der Waals surface area contributed by atoms with Gasteiger partial charge in [0.2, 0.25) is 5.89 Å². The number of benzene rings is 2. The van der Waals surface area contributed by atoms with Gasteiger partial charge >= 0.3 is 0 Å². The maximum Gasteiger partial charge on any atom is 0.208 e. The summed E-state index contributed by atoms with van der Waals surface area (Å²) in [5.41, 5.74) is 7.54. The topological polar surface area (TPSA) is 69.1 Å². The van der Waals surface area contributed by atoms with Gasteiger partial charge in [-0.3, -0.25) is 4.21 Å². The van der Waals surface area contributed by atoms with Crippen LogP contribution in [-0.4, -0.2) is 9.19 Å². The molecule has 0 aliphatic rings. The third kappa shape index (κ3) is 3.05. The summed E-state index contributed by atoms with van der Waals surface area (Å²) in [4.78, 5) is 4.86. The first-order valence-electron chi connectivity index (χ1n) is 6.01. The number of hydrogen-bond donors (Lipinski definition) is 1. The number of oxazole rings is 1. The molecule has 1 atom stereocenters. The van der Waals surface area contributed by atoms with E-state index >= 15 is 0 Å². The van der Waals surface area contributed by atoms with E-state index in [0.717, 1.165) is 0 Å². The molecule has 2 aromatic carbocycles. The number of aromatic nitrogens is 1. The van der Waals surface area contributed by atoms with Gasteiger partial charge in [0, 0.05) is 16.6 Å². The summed E-state index contributed by atoms with van der Waals surface area (Å²) in [7, 11) is -1.32. The van der Waals surface area contributed by atoms with Gasteiger partial charge in [0.15, 0.2) is 5.58 Å². The summed E-state index contributed by atoms with van der Waals surface area (Å²) in [6.45, 7) is 0. The number of anilines is 1. The summed E-state index contributed by atoms with van der Waals surface area (Å²) in [6.07, 6.45) is 0. The average Bonchev–Trinajstić information content (AvgIpc) is 2.83. The van der Waals surface area contributed by atoms with Crippen molar-refractivity contribution in [1.82, 2.24) is 4.98 Å². The van der Waals surface area contributed by atoms with E-state index < -0.39 is 10.8 Å². The van der Waals surface area contributed by atoms with Gasteiger partial charge in [0.25, 0.3) is 0 Å². The van der Waals surface area contributed by atoms with E-state index in [1.54, 1.807) is 36.4 Å². The molecule has 0 radical (unpaired) electrons. The second kappa shape index (κ2) is 5.67. The van der Waals surface area contributed by atoms with Crippen molar-refractivity contribution in [3.63, 3.8) is 0 Å². The van der Waals surface area contributed by atoms with E-state index in [0.29, 0.717) is 37.6 Å². The van der Waals surface area contributed by atoms with Gasteiger partial charge in [-0.05, 0) is 30.3 Å². The normalized spacial score (nSPS) is 12.7. The predicted molar refractivity (Wildman–Crippen MR) is 85.0 cm³/mol. The Kier molecular flexibility index (Phi) is 3.89. The number of fused-ring (bicyclic) bond motifs is 1. The van der Waals surface area contributed by atoms with Crippen LogP contribution >= 0.6 is 23.2 Å². The lowest BCUT2D eigenvalue weighted by atomic mass is 10.3. The number of hydrogen-bond acceptors (Lipinski definition) is 4. The minimum absolute atomic E-state index is 0.159. The van der Waals surface area contributed by atoms with E-state index in [4.69, 9.17) is 33.4 Å². The van der Waals surface area contributed by atoms with Gasteiger partial charge in [-0.2, -0.15) is 0 Å². The zero-order valence-electron chi connectivity index (χ0n) is 10.7. The predicted octanol–water partition coefficient (Wildman–Crippen LogP) is 4.02. The SMILES string of the molecule is Nc1ccc2nc(CS(=O)c3ccc(Cl)c(Cl)c3)oc2c1. The third-order valence-corrected chi connectivity index (χ3v) is 4.89. The fourth-order valence-corrected chi connectivity index (χ4v) is 3.21. The van der Waals surface area contributed by atoms with Crippen molar-refractivity contribution in [2.24, 2.45) is 0 Å². The molecule has 0 bridgehead atoms. The smallest absolute Gasteiger partial charge is 0.208 e. The highest BCUT2D eigenvalue weighted by atomic mass is 35.5. The van der Waals surface area contributed by atoms with Crippen molar-refractivity contribution >= 4 is 50.8 Å². The van der Waals surface area contributed by atoms with Crippen LogP contribution in [0.4, 0.5) is 5.69 Å². The highest BCUT2D eigenvalue weighted by molar-refractivity contribution is 7.84. The fourth-order valence-electron chi connectivity index (χ4n) is 1.86. The van der Waals surface area contributed by atoms with Gasteiger partial charge in [0.05, 0.1) is 20.8 Å². The summed E-state index contributed by atoms with van der Waals surface area (Å²) in [6, 6.07) is 10.1. The number of rotatable bonds is 3. The van der Waals surface area contributed by atoms with Crippen LogP contribution in [0.5, 0.6) is 0 Å². The Hall–Kier alpha value is -1.56. The summed E-state index contributed by atoms with van der Waals surface area (Å²) in [5, 5.41) is 0.794. The maximum atomic E-state index is 12.3. The van der Waals surface area contributed by atoms with E-state index in [2.05, 4.69) is 4.98 Å². The van der Waals surface area contributed by atoms with Crippen LogP contribution in [0.2, 0.25) is 10.0 Å². The molecule has 0 saturated carbocycles. The Morgan fingerprint density at radius 1 is 1.14 bits per heavy atom. The fraction of sp³-hybridized carbons (Fsp3) is 0.0714. The number of nitrogens with zero attached hydrogens (tertiary/aromatic N) is 1. The molecule has 1 heterocycles. The molecule has 0 amide bonds. The van der Waals surface area contributed by atoms with Gasteiger partial charge in [0.1, 0.15) is 11.3 Å². The van der Waals surface area contributed by atoms with Crippen molar-refractivity contribution in [2.45, 2.75) is 10.6 Å². The van der Waals surface area contributed by atoms with Crippen LogP contribution in [-0.2, 0) is 16.6 Å². The number of nitrogens with two attached hydrogens (primary N) is 1. The highest BCUT2D eigenvalue weighted by Crippen LogP contribution is 2.26. The van der Waals surface area contributed by atoms with Crippen LogP contribution in [0.25, 0.3) is 11.1 Å². The molecule has 0 aliphatic carbocycles. The van der Waals surface area contributed by atoms with Crippen molar-refractivity contribution in [3.05, 3.63) is 52.3 Å². The van der Waals surface area contributed by atoms with Gasteiger partial charge in [-0.25, -0.2) is 4.98 Å². The lowest BCUT2D eigenvalue weighted by Crippen LogP contribution is -1.96. The Bertz CT molecular complexity index is 848. The van der Waals surface area contributed by atoms with Gasteiger partial charge < -0.3 is 10.2 Å². The molecule has 108 valence electrons. The van der Waals surface area contributed by atoms with Crippen LogP contribution < -0.4 is 5.73 Å². The van der Waals surface area contributed by atoms with Crippen molar-refractivity contribution in [1.29, 1.82) is 0 Å². The van der Waals surface area contributed by atoms with E-state index in [1.807, 2.05) is 0 Å². The van der Waals surface area contributed by atoms with Crippen molar-refractivity contribution in [3.8, 4) is 0 Å². The van der Waals surface area contributed by atoms with Gasteiger partial charge in [-0.1, -0.05) is 23.2 Å². The molecule has 0 fully saturated rings. The molecule has 1 unspecified atom stereocenters. The summed E-state index contributed by atoms with van der Waals surface area (Å²) in [5.74, 6) is 0.548. The minimum Gasteiger partial charge on any atom is -0.440 e. The Morgan fingerprint density at radius 2 is 1.95 bits per heavy atom. The molecular weight excluding hydrogens is 331 g/mol. The summed E-state index contributed by atoms with van der Waals surface area (Å²) < 4.78 is 17.9. The Balaban J connectivity index is 1.87. The molecule has 21 heavy (non-hydrogen) atoms. The highest BCUT2D eigenvalue weighted by Gasteiger charge is 2.12. The lowest BCUT2D eigenvalue weighted by Gasteiger charge is -2.01. The lowest BCUT2D eigenvalue weighted by molar-refractivity contribution is 0.552. The first-order chi connectivity index (χ1) is 10.0. The van der Waals surface area contributed by atoms with Crippen molar-refractivity contribution in [2.75, 3.05) is 5.73 Å². The first kappa shape index (κ1) is 14.4. The second-order valence-electron chi connectivity index (χ2n) is 4.40. The molecule has 7 heteroatoms. The van der Waals surface area contributed by atoms with Crippen LogP contribution in [0.3, 0.4) is 0 Å². The second-order valence-corrected chi connectivity index (χ2v) is 6.67. The minimum atomic E-state index is -1.32. The molecule has 3 rings (SSSR count). The van der Waals surface area contributed by atoms with Gasteiger partial charge in [-0.15, -0.1) is 0 Å². The Labute approximate surface area is 133 Å². The molecule has 0 aliphatic heterocycles. The average molecular weight is 341 g/mol. The third-order valence-electron chi connectivity index (χ3n) is 2.87. The van der Waals surface area contributed by atoms with Crippen LogP contribution in [0, 0.1) is 0 Å². The van der Waals surface area contributed by atoms with E-state index in [-0.39, 0.29) is 5.75 Å². The molecule has 4 nitrogen and oxygen atoms in total. The Morgan fingerprint density at radius 3 is 2.71 bits per heavy atom. The zero-order valence-corrected chi connectivity index (χ0v) is 13.0. The van der Waals surface area contributed by atoms with E-state index in [1.165, 1.54) is 0 Å². The first-order valence-corrected chi connectivity index (χ1v) is 8.09. The quantitative estimate of drug-likeness (QED) is 0.731. The zero-order chi connectivity index (χ0) is 15.0. The molecular formula is C14H10Cl2N2O2S. The largest absolute Gasteiger partial charge is 0.440 e. The maximum absolute atomic E-state index is 12.3.